The van der Waals surface area contributed by atoms with E-state index in [-0.39, 0.29) is 25.9 Å². The van der Waals surface area contributed by atoms with Crippen LogP contribution in [0.3, 0.4) is 0 Å². The molecule has 4 nitrogen and oxygen atoms in total. The first-order valence-corrected chi connectivity index (χ1v) is 13.8. The van der Waals surface area contributed by atoms with Gasteiger partial charge in [-0.05, 0) is 59.5 Å². The number of hydrogen-bond acceptors (Lipinski definition) is 2. The van der Waals surface area contributed by atoms with Gasteiger partial charge in [0.1, 0.15) is 0 Å². The number of aryl methyl sites for hydroxylation is 3. The molecule has 0 unspecified atom stereocenters. The summed E-state index contributed by atoms with van der Waals surface area (Å²) in [6.45, 7) is 4.33. The van der Waals surface area contributed by atoms with Crippen LogP contribution >= 0.6 is 0 Å². The Balaban J connectivity index is 0.000000179. The second-order valence-electron chi connectivity index (χ2n) is 10.2. The van der Waals surface area contributed by atoms with Crippen LogP contribution in [0.15, 0.2) is 122 Å². The summed E-state index contributed by atoms with van der Waals surface area (Å²) in [5.41, 5.74) is 11.1. The first-order chi connectivity index (χ1) is 20.5. The fraction of sp³-hybridized carbons (Fsp3) is 0.0811. The molecule has 0 N–H and O–H groups in total. The molecule has 215 valence electrons. The maximum absolute atomic E-state index is 12.8. The van der Waals surface area contributed by atoms with Crippen molar-refractivity contribution in [3.05, 3.63) is 151 Å². The first-order valence-electron chi connectivity index (χ1n) is 13.8. The van der Waals surface area contributed by atoms with Crippen molar-refractivity contribution < 1.29 is 24.5 Å². The second kappa shape index (κ2) is 13.1. The van der Waals surface area contributed by atoms with Crippen molar-refractivity contribution in [2.45, 2.75) is 13.8 Å². The van der Waals surface area contributed by atoms with Gasteiger partial charge in [-0.25, -0.2) is 0 Å². The van der Waals surface area contributed by atoms with Gasteiger partial charge in [0, 0.05) is 44.7 Å². The number of benzene rings is 5. The van der Waals surface area contributed by atoms with E-state index in [0.717, 1.165) is 33.7 Å². The number of imidazole rings is 1. The van der Waals surface area contributed by atoms with E-state index in [1.54, 1.807) is 6.07 Å². The molecule has 0 fully saturated rings. The number of rotatable bonds is 4. The van der Waals surface area contributed by atoms with Crippen LogP contribution in [0.2, 0.25) is 0 Å². The molecule has 0 aliphatic rings. The van der Waals surface area contributed by atoms with E-state index in [2.05, 4.69) is 78.7 Å². The Hall–Kier alpha value is -4.64. The van der Waals surface area contributed by atoms with Crippen LogP contribution in [0.4, 0.5) is 4.39 Å². The van der Waals surface area contributed by atoms with Crippen LogP contribution in [0.5, 0.6) is 0 Å². The Kier molecular flexibility index (Phi) is 9.10. The quantitative estimate of drug-likeness (QED) is 0.169. The number of halogens is 1. The molecule has 0 amide bonds. The van der Waals surface area contributed by atoms with Gasteiger partial charge >= 0.3 is 0 Å². The predicted octanol–water partition coefficient (Wildman–Crippen LogP) is 8.80. The summed E-state index contributed by atoms with van der Waals surface area (Å²) in [7, 11) is 1.95. The molecular formula is C37H29FIrN4-2. The van der Waals surface area contributed by atoms with Crippen molar-refractivity contribution in [3.8, 4) is 39.3 Å². The maximum Gasteiger partial charge on any atom is 0.0770 e. The third-order valence-corrected chi connectivity index (χ3v) is 7.25. The molecule has 0 atom stereocenters. The van der Waals surface area contributed by atoms with Gasteiger partial charge in [-0.15, -0.1) is 35.9 Å². The Morgan fingerprint density at radius 1 is 0.744 bits per heavy atom. The third-order valence-electron chi connectivity index (χ3n) is 7.25. The summed E-state index contributed by atoms with van der Waals surface area (Å²) < 4.78 is 16.7. The predicted molar refractivity (Wildman–Crippen MR) is 168 cm³/mol. The average molecular weight is 741 g/mol. The van der Waals surface area contributed by atoms with Crippen molar-refractivity contribution >= 4 is 11.0 Å². The molecule has 0 bridgehead atoms. The Morgan fingerprint density at radius 2 is 1.47 bits per heavy atom. The third kappa shape index (κ3) is 6.41. The van der Waals surface area contributed by atoms with Gasteiger partial charge in [0.05, 0.1) is 23.1 Å². The molecule has 2 aromatic heterocycles. The van der Waals surface area contributed by atoms with Crippen molar-refractivity contribution in [2.75, 3.05) is 0 Å². The van der Waals surface area contributed by atoms with Crippen LogP contribution in [0.25, 0.3) is 50.4 Å². The minimum absolute atomic E-state index is 0. The SMILES string of the molecule is Cc1cc(-c2ccccc2)cc(C)c1-c1cnn(-c2[c-]cccc2)c1.Cn1c(-c2[c-]cc(F)cc2)nc2ccccc21.[Ir]. The molecule has 2 heterocycles. The zero-order valence-corrected chi connectivity index (χ0v) is 26.4. The fourth-order valence-electron chi connectivity index (χ4n) is 5.26. The van der Waals surface area contributed by atoms with E-state index in [1.165, 1.54) is 39.9 Å². The van der Waals surface area contributed by atoms with Gasteiger partial charge in [0.15, 0.2) is 0 Å². The zero-order valence-electron chi connectivity index (χ0n) is 24.0. The van der Waals surface area contributed by atoms with E-state index in [4.69, 9.17) is 0 Å². The van der Waals surface area contributed by atoms with Crippen LogP contribution in [-0.2, 0) is 27.2 Å². The number of fused-ring (bicyclic) bond motifs is 1. The fourth-order valence-corrected chi connectivity index (χ4v) is 5.26. The molecular weight excluding hydrogens is 712 g/mol. The van der Waals surface area contributed by atoms with Crippen LogP contribution in [0.1, 0.15) is 11.1 Å². The van der Waals surface area contributed by atoms with Crippen molar-refractivity contribution in [1.29, 1.82) is 0 Å². The maximum atomic E-state index is 12.8. The van der Waals surface area contributed by atoms with Crippen LogP contribution in [0, 0.1) is 31.8 Å². The number of para-hydroxylation sites is 3. The van der Waals surface area contributed by atoms with Gasteiger partial charge in [0.25, 0.3) is 0 Å². The molecule has 0 saturated carbocycles. The van der Waals surface area contributed by atoms with Crippen molar-refractivity contribution in [2.24, 2.45) is 7.05 Å². The largest absolute Gasteiger partial charge is 0.367 e. The van der Waals surface area contributed by atoms with Crippen LogP contribution in [-0.4, -0.2) is 19.3 Å². The number of hydrogen-bond donors (Lipinski definition) is 0. The van der Waals surface area contributed by atoms with Gasteiger partial charge in [-0.1, -0.05) is 54.6 Å². The molecule has 1 radical (unpaired) electrons. The molecule has 0 saturated heterocycles. The molecule has 0 aliphatic carbocycles. The van der Waals surface area contributed by atoms with Gasteiger partial charge < -0.3 is 4.57 Å². The second-order valence-corrected chi connectivity index (χ2v) is 10.2. The van der Waals surface area contributed by atoms with E-state index < -0.39 is 0 Å². The zero-order chi connectivity index (χ0) is 29.1. The topological polar surface area (TPSA) is 35.6 Å². The summed E-state index contributed by atoms with van der Waals surface area (Å²) in [5.74, 6) is 0.513. The summed E-state index contributed by atoms with van der Waals surface area (Å²) in [5, 5.41) is 4.51. The van der Waals surface area contributed by atoms with Crippen LogP contribution < -0.4 is 0 Å². The average Bonchev–Trinajstić information content (AvgIpc) is 3.64. The minimum atomic E-state index is -0.285. The van der Waals surface area contributed by atoms with Crippen molar-refractivity contribution in [1.82, 2.24) is 19.3 Å². The molecule has 6 heteroatoms. The standard InChI is InChI=1S/C23H19N2.C14H10FN2.Ir/c1-17-13-20(19-9-5-3-6-10-19)14-18(2)23(17)21-15-24-25(16-21)22-11-7-4-8-12-22;1-17-13-5-3-2-4-12(13)16-14(17)10-6-8-11(15)9-7-10;/h3-11,13-16H,1-2H3;2-6,8-9H,1H3;/q2*-1;. The monoisotopic (exact) mass is 741 g/mol. The Bertz CT molecular complexity index is 1940. The molecule has 0 spiro atoms. The molecule has 0 aliphatic heterocycles. The molecule has 5 aromatic carbocycles. The van der Waals surface area contributed by atoms with Crippen molar-refractivity contribution in [3.63, 3.8) is 0 Å². The summed E-state index contributed by atoms with van der Waals surface area (Å²) in [6.07, 6.45) is 4.00. The van der Waals surface area contributed by atoms with E-state index in [1.807, 2.05) is 77.1 Å². The van der Waals surface area contributed by atoms with E-state index >= 15 is 0 Å². The Labute approximate surface area is 264 Å². The van der Waals surface area contributed by atoms with Gasteiger partial charge in [-0.3, -0.25) is 14.1 Å². The van der Waals surface area contributed by atoms with E-state index in [9.17, 15) is 4.39 Å². The number of aromatic nitrogens is 4. The normalized spacial score (nSPS) is 10.6. The Morgan fingerprint density at radius 3 is 2.14 bits per heavy atom. The van der Waals surface area contributed by atoms with Gasteiger partial charge in [-0.2, -0.15) is 29.4 Å². The molecule has 7 aromatic rings. The summed E-state index contributed by atoms with van der Waals surface area (Å²) in [4.78, 5) is 4.52. The first kappa shape index (κ1) is 29.8. The smallest absolute Gasteiger partial charge is 0.0770 e. The molecule has 43 heavy (non-hydrogen) atoms. The van der Waals surface area contributed by atoms with Gasteiger partial charge in [0.2, 0.25) is 0 Å². The summed E-state index contributed by atoms with van der Waals surface area (Å²) in [6, 6.07) is 41.3. The summed E-state index contributed by atoms with van der Waals surface area (Å²) >= 11 is 0. The van der Waals surface area contributed by atoms with E-state index in [0.29, 0.717) is 0 Å². The molecule has 7 rings (SSSR count). The minimum Gasteiger partial charge on any atom is -0.367 e. The number of nitrogens with zero attached hydrogens (tertiary/aromatic N) is 4.